The predicted octanol–water partition coefficient (Wildman–Crippen LogP) is -0.332. The molecule has 260 valence electrons. The highest BCUT2D eigenvalue weighted by atomic mass is 16.7. The minimum atomic E-state index is -1.82. The molecule has 0 aromatic heterocycles. The van der Waals surface area contributed by atoms with Gasteiger partial charge in [-0.3, -0.25) is 4.79 Å². The molecule has 46 heavy (non-hydrogen) atoms. The van der Waals surface area contributed by atoms with Crippen LogP contribution in [0.3, 0.4) is 0 Å². The molecule has 4 aliphatic carbocycles. The average Bonchev–Trinajstić information content (AvgIpc) is 3.60. The lowest BCUT2D eigenvalue weighted by Gasteiger charge is -2.59. The Bertz CT molecular complexity index is 1210. The number of methoxy groups -OCH3 is 1. The van der Waals surface area contributed by atoms with Crippen LogP contribution in [0.15, 0.2) is 11.6 Å². The number of hydrogen-bond donors (Lipinski definition) is 6. The number of esters is 1. The minimum Gasteiger partial charge on any atom is -0.432 e. The van der Waals surface area contributed by atoms with Gasteiger partial charge in [-0.15, -0.1) is 0 Å². The molecule has 3 saturated carbocycles. The number of carbonyl (C=O) groups excluding carboxylic acids is 2. The second-order valence-electron chi connectivity index (χ2n) is 15.0. The van der Waals surface area contributed by atoms with Crippen molar-refractivity contribution in [2.24, 2.45) is 45.8 Å². The highest BCUT2D eigenvalue weighted by molar-refractivity contribution is 5.91. The molecule has 0 radical (unpaired) electrons. The molecular formula is C33H50O13. The standard InChI is InChI=1S/C33H50O13/c1-14(2)20-8-17-9-31(12-35)19-7-6-15(3)18(19)10-32(17,13-43-28-26(40)24(38)27(42-5)16(4)44-28)33(20,31)30(41)46-29-25(39)23(37)22(36)21(11-34)45-29/h8,12,14-19,21-29,34,36-40H,6-7,9-11,13H2,1-5H3/t15-,16-,17+,18-,19-,21-,22-,23+,24+,25-,26+,27-,28-,29+,31+,32+,33+/m1/s1. The zero-order valence-electron chi connectivity index (χ0n) is 27.1. The summed E-state index contributed by atoms with van der Waals surface area (Å²) in [7, 11) is 1.42. The molecule has 5 fully saturated rings. The second-order valence-corrected chi connectivity index (χ2v) is 15.0. The lowest BCUT2D eigenvalue weighted by molar-refractivity contribution is -0.311. The third-order valence-electron chi connectivity index (χ3n) is 12.7. The topological polar surface area (TPSA) is 202 Å². The van der Waals surface area contributed by atoms with Crippen molar-refractivity contribution in [3.8, 4) is 0 Å². The molecule has 0 unspecified atom stereocenters. The maximum absolute atomic E-state index is 15.1. The van der Waals surface area contributed by atoms with Crippen molar-refractivity contribution in [3.63, 3.8) is 0 Å². The molecule has 17 atom stereocenters. The van der Waals surface area contributed by atoms with Gasteiger partial charge in [-0.1, -0.05) is 38.8 Å². The van der Waals surface area contributed by atoms with E-state index in [1.807, 2.05) is 13.8 Å². The van der Waals surface area contributed by atoms with Gasteiger partial charge in [0.25, 0.3) is 0 Å². The molecule has 4 bridgehead atoms. The summed E-state index contributed by atoms with van der Waals surface area (Å²) in [4.78, 5) is 28.8. The van der Waals surface area contributed by atoms with E-state index in [4.69, 9.17) is 23.7 Å². The Labute approximate surface area is 268 Å². The van der Waals surface area contributed by atoms with Gasteiger partial charge in [0.05, 0.1) is 24.7 Å². The number of aliphatic hydroxyl groups is 6. The van der Waals surface area contributed by atoms with E-state index in [-0.39, 0.29) is 36.2 Å². The molecular weight excluding hydrogens is 604 g/mol. The molecule has 0 spiro atoms. The Morgan fingerprint density at radius 3 is 2.33 bits per heavy atom. The van der Waals surface area contributed by atoms with E-state index in [0.717, 1.165) is 24.7 Å². The van der Waals surface area contributed by atoms with Crippen molar-refractivity contribution in [1.29, 1.82) is 0 Å². The fraction of sp³-hybridized carbons (Fsp3) is 0.879. The molecule has 13 nitrogen and oxygen atoms in total. The lowest BCUT2D eigenvalue weighted by atomic mass is 9.43. The number of aldehydes is 1. The van der Waals surface area contributed by atoms with Gasteiger partial charge in [0.15, 0.2) is 6.29 Å². The van der Waals surface area contributed by atoms with Crippen molar-refractivity contribution in [2.75, 3.05) is 20.3 Å². The monoisotopic (exact) mass is 654 g/mol. The summed E-state index contributed by atoms with van der Waals surface area (Å²) in [6.07, 6.45) is -8.04. The van der Waals surface area contributed by atoms with Crippen LogP contribution in [0, 0.1) is 45.8 Å². The quantitative estimate of drug-likeness (QED) is 0.107. The van der Waals surface area contributed by atoms with Gasteiger partial charge in [-0.25, -0.2) is 0 Å². The molecule has 2 heterocycles. The fourth-order valence-corrected chi connectivity index (χ4v) is 10.7. The van der Waals surface area contributed by atoms with E-state index in [0.29, 0.717) is 12.8 Å². The first-order valence-corrected chi connectivity index (χ1v) is 16.6. The van der Waals surface area contributed by atoms with Crippen LogP contribution in [0.5, 0.6) is 0 Å². The van der Waals surface area contributed by atoms with Crippen molar-refractivity contribution in [3.05, 3.63) is 11.6 Å². The van der Waals surface area contributed by atoms with E-state index in [9.17, 15) is 35.4 Å². The van der Waals surface area contributed by atoms with Gasteiger partial charge in [-0.2, -0.15) is 0 Å². The first kappa shape index (κ1) is 34.3. The zero-order chi connectivity index (χ0) is 33.5. The Morgan fingerprint density at radius 2 is 1.70 bits per heavy atom. The average molecular weight is 655 g/mol. The first-order chi connectivity index (χ1) is 21.8. The van der Waals surface area contributed by atoms with Gasteiger partial charge in [-0.05, 0) is 55.8 Å². The Morgan fingerprint density at radius 1 is 1.00 bits per heavy atom. The van der Waals surface area contributed by atoms with Crippen LogP contribution in [-0.4, -0.2) is 125 Å². The van der Waals surface area contributed by atoms with Crippen molar-refractivity contribution in [2.45, 2.75) is 115 Å². The van der Waals surface area contributed by atoms with Crippen molar-refractivity contribution in [1.82, 2.24) is 0 Å². The number of rotatable bonds is 9. The molecule has 0 aromatic rings. The summed E-state index contributed by atoms with van der Waals surface area (Å²) in [5, 5.41) is 63.2. The van der Waals surface area contributed by atoms with E-state index >= 15 is 4.79 Å². The Hall–Kier alpha value is -1.52. The van der Waals surface area contributed by atoms with Gasteiger partial charge < -0.3 is 59.1 Å². The van der Waals surface area contributed by atoms with E-state index in [1.165, 1.54) is 7.11 Å². The maximum Gasteiger partial charge on any atom is 0.320 e. The molecule has 0 aromatic carbocycles. The SMILES string of the molecule is CO[C@H]1[C@@H](O)[C@H](O)[C@H](OC[C@@]23C[C@@H]4[C@H](C)CC[C@H]4[C@@]4(C=O)C[C@@H]2C=C(C(C)C)[C@@]34C(=O)O[C@@H]2O[C@H](CO)[C@@H](O)[C@H](O)[C@H]2O)O[C@@H]1C. The van der Waals surface area contributed by atoms with E-state index in [2.05, 4.69) is 13.0 Å². The third kappa shape index (κ3) is 4.43. The van der Waals surface area contributed by atoms with Crippen LogP contribution in [0.4, 0.5) is 0 Å². The fourth-order valence-electron chi connectivity index (χ4n) is 10.7. The van der Waals surface area contributed by atoms with E-state index in [1.54, 1.807) is 6.92 Å². The third-order valence-corrected chi connectivity index (χ3v) is 12.7. The van der Waals surface area contributed by atoms with Gasteiger partial charge in [0, 0.05) is 12.5 Å². The molecule has 2 aliphatic heterocycles. The number of aliphatic hydroxyl groups excluding tert-OH is 6. The highest BCUT2D eigenvalue weighted by Crippen LogP contribution is 2.83. The summed E-state index contributed by atoms with van der Waals surface area (Å²) in [5.41, 5.74) is -3.02. The largest absolute Gasteiger partial charge is 0.432 e. The van der Waals surface area contributed by atoms with Crippen LogP contribution in [0.25, 0.3) is 0 Å². The summed E-state index contributed by atoms with van der Waals surface area (Å²) < 4.78 is 29.3. The molecule has 6 aliphatic rings. The number of hydrogen-bond acceptors (Lipinski definition) is 13. The first-order valence-electron chi connectivity index (χ1n) is 16.6. The highest BCUT2D eigenvalue weighted by Gasteiger charge is 2.85. The summed E-state index contributed by atoms with van der Waals surface area (Å²) in [5.74, 6) is -1.00. The molecule has 0 amide bonds. The van der Waals surface area contributed by atoms with Gasteiger partial charge in [0.2, 0.25) is 6.29 Å². The molecule has 6 rings (SSSR count). The summed E-state index contributed by atoms with van der Waals surface area (Å²) in [6.45, 7) is 6.97. The maximum atomic E-state index is 15.1. The van der Waals surface area contributed by atoms with Crippen molar-refractivity contribution < 1.29 is 63.9 Å². The smallest absolute Gasteiger partial charge is 0.320 e. The summed E-state index contributed by atoms with van der Waals surface area (Å²) in [6, 6.07) is 0. The Balaban J connectivity index is 1.43. The van der Waals surface area contributed by atoms with Crippen LogP contribution in [0.1, 0.15) is 53.4 Å². The minimum absolute atomic E-state index is 0.0987. The lowest BCUT2D eigenvalue weighted by Crippen LogP contribution is -2.66. The van der Waals surface area contributed by atoms with Crippen LogP contribution in [-0.2, 0) is 33.3 Å². The number of ether oxygens (including phenoxy) is 5. The van der Waals surface area contributed by atoms with E-state index < -0.39 is 90.2 Å². The van der Waals surface area contributed by atoms with Gasteiger partial charge in [0.1, 0.15) is 54.4 Å². The van der Waals surface area contributed by atoms with Crippen LogP contribution < -0.4 is 0 Å². The molecule has 6 N–H and O–H groups in total. The molecule has 2 saturated heterocycles. The summed E-state index contributed by atoms with van der Waals surface area (Å²) >= 11 is 0. The van der Waals surface area contributed by atoms with Crippen LogP contribution >= 0.6 is 0 Å². The number of fused-ring (bicyclic) bond motifs is 2. The normalized spacial score (nSPS) is 52.8. The molecule has 13 heteroatoms. The zero-order valence-corrected chi connectivity index (χ0v) is 27.1. The second kappa shape index (κ2) is 12.1. The number of allylic oxidation sites excluding steroid dienone is 1. The number of carbonyl (C=O) groups is 2. The van der Waals surface area contributed by atoms with Crippen molar-refractivity contribution >= 4 is 12.3 Å². The Kier molecular flexibility index (Phi) is 9.05. The van der Waals surface area contributed by atoms with Crippen LogP contribution in [0.2, 0.25) is 0 Å². The van der Waals surface area contributed by atoms with Gasteiger partial charge >= 0.3 is 5.97 Å². The predicted molar refractivity (Wildman–Crippen MR) is 157 cm³/mol.